The molecule has 1 heterocycles. The van der Waals surface area contributed by atoms with Crippen LogP contribution in [0, 0.1) is 11.5 Å². The summed E-state index contributed by atoms with van der Waals surface area (Å²) >= 11 is 0. The number of aliphatic imine (C=N–C) groups is 1. The fraction of sp³-hybridized carbons (Fsp3) is 0.214. The van der Waals surface area contributed by atoms with Crippen molar-refractivity contribution in [1.29, 1.82) is 5.26 Å². The van der Waals surface area contributed by atoms with Gasteiger partial charge in [0.05, 0.1) is 30.2 Å². The highest BCUT2D eigenvalue weighted by Gasteiger charge is 2.24. The molecule has 1 atom stereocenters. The first kappa shape index (κ1) is 24.5. The highest BCUT2D eigenvalue weighted by atomic mass is 16.5. The van der Waals surface area contributed by atoms with Gasteiger partial charge in [0.2, 0.25) is 5.96 Å². The SMILES string of the molecule is CCOc1ccccc1N=C(NC#N)N(Cc1nc2ccccc2n(C)c1=O)C(C)c1ccccc1. The van der Waals surface area contributed by atoms with E-state index in [1.54, 1.807) is 11.6 Å². The van der Waals surface area contributed by atoms with Crippen LogP contribution in [-0.2, 0) is 13.6 Å². The van der Waals surface area contributed by atoms with Gasteiger partial charge in [-0.05, 0) is 43.7 Å². The molecule has 0 radical (unpaired) electrons. The summed E-state index contributed by atoms with van der Waals surface area (Å²) in [7, 11) is 1.74. The van der Waals surface area contributed by atoms with Crippen molar-refractivity contribution in [2.75, 3.05) is 6.61 Å². The molecule has 4 aromatic rings. The van der Waals surface area contributed by atoms with Crippen LogP contribution in [-0.4, -0.2) is 27.0 Å². The summed E-state index contributed by atoms with van der Waals surface area (Å²) < 4.78 is 7.34. The van der Waals surface area contributed by atoms with Crippen molar-refractivity contribution in [2.24, 2.45) is 12.0 Å². The average Bonchev–Trinajstić information content (AvgIpc) is 2.91. The smallest absolute Gasteiger partial charge is 0.274 e. The predicted molar refractivity (Wildman–Crippen MR) is 141 cm³/mol. The Morgan fingerprint density at radius 3 is 2.56 bits per heavy atom. The number of nitrogens with one attached hydrogen (secondary N) is 1. The molecular formula is C28H28N6O2. The Hall–Kier alpha value is -4.64. The van der Waals surface area contributed by atoms with Crippen molar-refractivity contribution in [2.45, 2.75) is 26.4 Å². The summed E-state index contributed by atoms with van der Waals surface area (Å²) in [6.45, 7) is 4.52. The Morgan fingerprint density at radius 2 is 1.81 bits per heavy atom. The first-order chi connectivity index (χ1) is 17.5. The molecule has 182 valence electrons. The Morgan fingerprint density at radius 1 is 1.11 bits per heavy atom. The second kappa shape index (κ2) is 11.2. The number of aryl methyl sites for hydroxylation is 1. The van der Waals surface area contributed by atoms with Gasteiger partial charge in [-0.15, -0.1) is 0 Å². The topological polar surface area (TPSA) is 95.5 Å². The molecule has 0 saturated heterocycles. The summed E-state index contributed by atoms with van der Waals surface area (Å²) in [6.07, 6.45) is 2.00. The van der Waals surface area contributed by atoms with E-state index < -0.39 is 0 Å². The summed E-state index contributed by atoms with van der Waals surface area (Å²) in [6, 6.07) is 24.5. The van der Waals surface area contributed by atoms with Gasteiger partial charge >= 0.3 is 0 Å². The molecule has 8 heteroatoms. The fourth-order valence-electron chi connectivity index (χ4n) is 4.06. The highest BCUT2D eigenvalue weighted by Crippen LogP contribution is 2.29. The molecule has 4 rings (SSSR count). The molecular weight excluding hydrogens is 452 g/mol. The van der Waals surface area contributed by atoms with Crippen LogP contribution in [0.4, 0.5) is 5.69 Å². The van der Waals surface area contributed by atoms with Crippen molar-refractivity contribution in [3.8, 4) is 11.9 Å². The zero-order valence-electron chi connectivity index (χ0n) is 20.5. The third-order valence-corrected chi connectivity index (χ3v) is 5.95. The van der Waals surface area contributed by atoms with Crippen LogP contribution in [0.25, 0.3) is 11.0 Å². The zero-order valence-corrected chi connectivity index (χ0v) is 20.5. The molecule has 0 amide bonds. The summed E-state index contributed by atoms with van der Waals surface area (Å²) in [5, 5.41) is 12.3. The number of ether oxygens (including phenoxy) is 1. The van der Waals surface area contributed by atoms with E-state index in [2.05, 4.69) is 10.3 Å². The van der Waals surface area contributed by atoms with E-state index in [1.165, 1.54) is 0 Å². The van der Waals surface area contributed by atoms with E-state index in [0.717, 1.165) is 16.6 Å². The largest absolute Gasteiger partial charge is 0.492 e. The number of nitriles is 1. The molecule has 0 bridgehead atoms. The molecule has 0 saturated carbocycles. The third kappa shape index (κ3) is 5.20. The van der Waals surface area contributed by atoms with Gasteiger partial charge in [-0.25, -0.2) is 9.98 Å². The van der Waals surface area contributed by atoms with Gasteiger partial charge in [-0.3, -0.25) is 10.1 Å². The lowest BCUT2D eigenvalue weighted by Crippen LogP contribution is -2.42. The molecule has 0 spiro atoms. The summed E-state index contributed by atoms with van der Waals surface area (Å²) in [5.74, 6) is 0.891. The Kier molecular flexibility index (Phi) is 7.61. The molecule has 8 nitrogen and oxygen atoms in total. The average molecular weight is 481 g/mol. The summed E-state index contributed by atoms with van der Waals surface area (Å²) in [4.78, 5) is 24.6. The van der Waals surface area contributed by atoms with Crippen molar-refractivity contribution in [3.05, 3.63) is 100 Å². The van der Waals surface area contributed by atoms with E-state index in [1.807, 2.05) is 104 Å². The fourth-order valence-corrected chi connectivity index (χ4v) is 4.06. The van der Waals surface area contributed by atoms with E-state index in [-0.39, 0.29) is 24.1 Å². The Labute approximate surface area is 210 Å². The van der Waals surface area contributed by atoms with Crippen LogP contribution in [0.2, 0.25) is 0 Å². The van der Waals surface area contributed by atoms with Crippen molar-refractivity contribution < 1.29 is 4.74 Å². The van der Waals surface area contributed by atoms with Gasteiger partial charge in [-0.1, -0.05) is 54.6 Å². The van der Waals surface area contributed by atoms with Crippen LogP contribution in [0.3, 0.4) is 0 Å². The number of aromatic nitrogens is 2. The minimum atomic E-state index is -0.233. The maximum atomic E-state index is 13.3. The zero-order chi connectivity index (χ0) is 25.5. The number of guanidine groups is 1. The van der Waals surface area contributed by atoms with Crippen LogP contribution >= 0.6 is 0 Å². The van der Waals surface area contributed by atoms with Crippen molar-refractivity contribution in [3.63, 3.8) is 0 Å². The number of benzene rings is 3. The van der Waals surface area contributed by atoms with Crippen molar-refractivity contribution in [1.82, 2.24) is 19.8 Å². The third-order valence-electron chi connectivity index (χ3n) is 5.95. The number of para-hydroxylation sites is 4. The number of fused-ring (bicyclic) bond motifs is 1. The van der Waals surface area contributed by atoms with Crippen LogP contribution in [0.1, 0.15) is 31.1 Å². The quantitative estimate of drug-likeness (QED) is 0.179. The molecule has 0 aliphatic heterocycles. The standard InChI is InChI=1S/C28H28N6O2/c1-4-36-26-17-11-9-15-23(26)32-28(30-19-29)34(20(2)21-12-6-5-7-13-21)18-24-27(35)33(3)25-16-10-8-14-22(25)31-24/h5-17,20H,4,18H2,1-3H3,(H,30,32). The minimum absolute atomic E-state index is 0.137. The molecule has 3 aromatic carbocycles. The van der Waals surface area contributed by atoms with Gasteiger partial charge in [0.25, 0.3) is 5.56 Å². The van der Waals surface area contributed by atoms with Gasteiger partial charge < -0.3 is 14.2 Å². The lowest BCUT2D eigenvalue weighted by Gasteiger charge is -2.31. The predicted octanol–water partition coefficient (Wildman–Crippen LogP) is 4.65. The Balaban J connectivity index is 1.85. The maximum absolute atomic E-state index is 13.3. The van der Waals surface area contributed by atoms with E-state index in [0.29, 0.717) is 23.7 Å². The molecule has 1 aromatic heterocycles. The van der Waals surface area contributed by atoms with E-state index in [4.69, 9.17) is 9.73 Å². The lowest BCUT2D eigenvalue weighted by molar-refractivity contribution is 0.315. The maximum Gasteiger partial charge on any atom is 0.274 e. The molecule has 1 unspecified atom stereocenters. The number of nitrogens with zero attached hydrogens (tertiary/aromatic N) is 5. The van der Waals surface area contributed by atoms with E-state index in [9.17, 15) is 10.1 Å². The monoisotopic (exact) mass is 480 g/mol. The van der Waals surface area contributed by atoms with Gasteiger partial charge in [0, 0.05) is 7.05 Å². The molecule has 0 fully saturated rings. The van der Waals surface area contributed by atoms with Crippen LogP contribution in [0.15, 0.2) is 88.6 Å². The second-order valence-electron chi connectivity index (χ2n) is 8.20. The summed E-state index contributed by atoms with van der Waals surface area (Å²) in [5.41, 5.74) is 3.19. The Bertz CT molecular complexity index is 1470. The number of hydrogen-bond donors (Lipinski definition) is 1. The first-order valence-electron chi connectivity index (χ1n) is 11.7. The van der Waals surface area contributed by atoms with Gasteiger partial charge in [0.15, 0.2) is 6.19 Å². The van der Waals surface area contributed by atoms with Crippen molar-refractivity contribution >= 4 is 22.7 Å². The van der Waals surface area contributed by atoms with Crippen LogP contribution < -0.4 is 15.6 Å². The molecule has 1 N–H and O–H groups in total. The van der Waals surface area contributed by atoms with E-state index >= 15 is 0 Å². The second-order valence-corrected chi connectivity index (χ2v) is 8.20. The molecule has 0 aliphatic rings. The van der Waals surface area contributed by atoms with Crippen LogP contribution in [0.5, 0.6) is 5.75 Å². The number of hydrogen-bond acceptors (Lipinski definition) is 5. The van der Waals surface area contributed by atoms with Gasteiger partial charge in [0.1, 0.15) is 17.1 Å². The molecule has 0 aliphatic carbocycles. The van der Waals surface area contributed by atoms with Gasteiger partial charge in [-0.2, -0.15) is 5.26 Å². The lowest BCUT2D eigenvalue weighted by atomic mass is 10.1. The highest BCUT2D eigenvalue weighted by molar-refractivity contribution is 5.85. The normalized spacial score (nSPS) is 12.1. The first-order valence-corrected chi connectivity index (χ1v) is 11.7. The molecule has 36 heavy (non-hydrogen) atoms. The minimum Gasteiger partial charge on any atom is -0.492 e. The number of rotatable bonds is 7.